The molecule has 0 spiro atoms. The van der Waals surface area contributed by atoms with Gasteiger partial charge in [-0.15, -0.1) is 0 Å². The normalized spacial score (nSPS) is 11.2. The number of esters is 1. The van der Waals surface area contributed by atoms with Gasteiger partial charge in [-0.1, -0.05) is 0 Å². The van der Waals surface area contributed by atoms with Crippen LogP contribution in [0.4, 0.5) is 0 Å². The van der Waals surface area contributed by atoms with Crippen LogP contribution >= 0.6 is 0 Å². The van der Waals surface area contributed by atoms with Crippen LogP contribution < -0.4 is 0 Å². The largest absolute Gasteiger partial charge is 0.507 e. The lowest BCUT2D eigenvalue weighted by atomic mass is 9.95. The van der Waals surface area contributed by atoms with Crippen molar-refractivity contribution in [1.82, 2.24) is 0 Å². The molecule has 0 aliphatic rings. The third kappa shape index (κ3) is 3.32. The molecular formula is C14H18O5. The summed E-state index contributed by atoms with van der Waals surface area (Å²) in [7, 11) is 1.42. The van der Waals surface area contributed by atoms with E-state index in [1.165, 1.54) is 25.3 Å². The zero-order valence-electron chi connectivity index (χ0n) is 11.5. The first-order valence-corrected chi connectivity index (χ1v) is 5.93. The topological polar surface area (TPSA) is 72.8 Å². The van der Waals surface area contributed by atoms with Crippen LogP contribution in [-0.4, -0.2) is 36.2 Å². The first-order chi connectivity index (χ1) is 8.83. The third-order valence-electron chi connectivity index (χ3n) is 2.81. The first-order valence-electron chi connectivity index (χ1n) is 5.93. The maximum Gasteiger partial charge on any atom is 0.338 e. The second kappa shape index (κ2) is 5.84. The molecular weight excluding hydrogens is 248 g/mol. The Kier molecular flexibility index (Phi) is 4.67. The molecule has 19 heavy (non-hydrogen) atoms. The molecule has 0 saturated heterocycles. The van der Waals surface area contributed by atoms with Crippen molar-refractivity contribution in [3.05, 3.63) is 29.3 Å². The van der Waals surface area contributed by atoms with Crippen molar-refractivity contribution in [1.29, 1.82) is 0 Å². The number of carbonyl (C=O) groups excluding carboxylic acids is 2. The van der Waals surface area contributed by atoms with Gasteiger partial charge in [0.05, 0.1) is 17.7 Å². The fourth-order valence-corrected chi connectivity index (χ4v) is 1.48. The summed E-state index contributed by atoms with van der Waals surface area (Å²) in [5.74, 6) is -1.16. The van der Waals surface area contributed by atoms with Gasteiger partial charge in [0, 0.05) is 7.11 Å². The number of aromatic hydroxyl groups is 1. The smallest absolute Gasteiger partial charge is 0.338 e. The average Bonchev–Trinajstić information content (AvgIpc) is 2.38. The monoisotopic (exact) mass is 266 g/mol. The number of ketones is 1. The van der Waals surface area contributed by atoms with Crippen LogP contribution in [0.3, 0.4) is 0 Å². The number of hydrogen-bond donors (Lipinski definition) is 1. The Morgan fingerprint density at radius 2 is 1.95 bits per heavy atom. The number of rotatable bonds is 5. The number of phenolic OH excluding ortho intramolecular Hbond substituents is 1. The zero-order valence-corrected chi connectivity index (χ0v) is 11.5. The van der Waals surface area contributed by atoms with Crippen LogP contribution in [0.5, 0.6) is 5.75 Å². The van der Waals surface area contributed by atoms with Gasteiger partial charge in [-0.05, 0) is 39.0 Å². The summed E-state index contributed by atoms with van der Waals surface area (Å²) in [6.45, 7) is 5.15. The molecule has 5 heteroatoms. The summed E-state index contributed by atoms with van der Waals surface area (Å²) < 4.78 is 9.88. The molecule has 0 bridgehead atoms. The molecule has 0 aliphatic carbocycles. The molecule has 0 amide bonds. The number of Topliss-reactive ketones (excluding diaryl/α,β-unsaturated/α-hetero) is 1. The molecule has 0 heterocycles. The first kappa shape index (κ1) is 15.2. The van der Waals surface area contributed by atoms with Gasteiger partial charge in [-0.2, -0.15) is 0 Å². The molecule has 1 aromatic rings. The van der Waals surface area contributed by atoms with Gasteiger partial charge in [-0.25, -0.2) is 4.79 Å². The van der Waals surface area contributed by atoms with Crippen LogP contribution in [0.2, 0.25) is 0 Å². The van der Waals surface area contributed by atoms with Gasteiger partial charge in [0.1, 0.15) is 11.4 Å². The fourth-order valence-electron chi connectivity index (χ4n) is 1.48. The molecule has 0 aliphatic heterocycles. The molecule has 1 aromatic carbocycles. The van der Waals surface area contributed by atoms with E-state index in [2.05, 4.69) is 0 Å². The maximum absolute atomic E-state index is 12.1. The van der Waals surface area contributed by atoms with Crippen molar-refractivity contribution in [2.24, 2.45) is 0 Å². The number of phenols is 1. The molecule has 5 nitrogen and oxygen atoms in total. The van der Waals surface area contributed by atoms with Crippen LogP contribution in [0.1, 0.15) is 41.5 Å². The predicted octanol–water partition coefficient (Wildman–Crippen LogP) is 2.18. The number of benzene rings is 1. The van der Waals surface area contributed by atoms with Gasteiger partial charge in [0.2, 0.25) is 0 Å². The van der Waals surface area contributed by atoms with Crippen LogP contribution in [0, 0.1) is 0 Å². The summed E-state index contributed by atoms with van der Waals surface area (Å²) in [4.78, 5) is 23.6. The number of ether oxygens (including phenoxy) is 2. The van der Waals surface area contributed by atoms with Gasteiger partial charge in [0.15, 0.2) is 5.78 Å². The van der Waals surface area contributed by atoms with E-state index >= 15 is 0 Å². The lowest BCUT2D eigenvalue weighted by molar-refractivity contribution is 0.0226. The molecule has 104 valence electrons. The van der Waals surface area contributed by atoms with E-state index in [4.69, 9.17) is 9.47 Å². The van der Waals surface area contributed by atoms with Gasteiger partial charge in [-0.3, -0.25) is 4.79 Å². The number of hydrogen-bond acceptors (Lipinski definition) is 5. The Labute approximate surface area is 112 Å². The van der Waals surface area contributed by atoms with Crippen molar-refractivity contribution < 1.29 is 24.2 Å². The molecule has 0 unspecified atom stereocenters. The van der Waals surface area contributed by atoms with E-state index in [0.29, 0.717) is 0 Å². The van der Waals surface area contributed by atoms with Crippen molar-refractivity contribution >= 4 is 11.8 Å². The Balaban J connectivity index is 3.08. The van der Waals surface area contributed by atoms with Gasteiger partial charge >= 0.3 is 5.97 Å². The molecule has 0 aromatic heterocycles. The van der Waals surface area contributed by atoms with E-state index in [9.17, 15) is 14.7 Å². The molecule has 1 N–H and O–H groups in total. The standard InChI is InChI=1S/C14H18O5/c1-5-19-13(17)9-6-7-10(11(15)8-9)12(16)14(2,3)18-4/h6-8,15H,5H2,1-4H3. The minimum atomic E-state index is -1.04. The maximum atomic E-state index is 12.1. The Morgan fingerprint density at radius 1 is 1.32 bits per heavy atom. The second-order valence-electron chi connectivity index (χ2n) is 4.50. The highest BCUT2D eigenvalue weighted by atomic mass is 16.5. The minimum absolute atomic E-state index is 0.111. The molecule has 0 fully saturated rings. The van der Waals surface area contributed by atoms with Crippen molar-refractivity contribution in [2.45, 2.75) is 26.4 Å². The van der Waals surface area contributed by atoms with Gasteiger partial charge in [0.25, 0.3) is 0 Å². The Bertz CT molecular complexity index is 491. The van der Waals surface area contributed by atoms with Crippen molar-refractivity contribution in [3.8, 4) is 5.75 Å². The molecule has 0 saturated carbocycles. The average molecular weight is 266 g/mol. The van der Waals surface area contributed by atoms with Crippen LogP contribution in [0.15, 0.2) is 18.2 Å². The highest BCUT2D eigenvalue weighted by Crippen LogP contribution is 2.25. The summed E-state index contributed by atoms with van der Waals surface area (Å²) in [6, 6.07) is 4.05. The number of methoxy groups -OCH3 is 1. The van der Waals surface area contributed by atoms with Gasteiger partial charge < -0.3 is 14.6 Å². The predicted molar refractivity (Wildman–Crippen MR) is 69.5 cm³/mol. The van der Waals surface area contributed by atoms with Crippen LogP contribution in [-0.2, 0) is 9.47 Å². The van der Waals surface area contributed by atoms with E-state index in [-0.39, 0.29) is 29.3 Å². The SMILES string of the molecule is CCOC(=O)c1ccc(C(=O)C(C)(C)OC)c(O)c1. The zero-order chi connectivity index (χ0) is 14.6. The Morgan fingerprint density at radius 3 is 2.42 bits per heavy atom. The van der Waals surface area contributed by atoms with Crippen molar-refractivity contribution in [3.63, 3.8) is 0 Å². The lowest BCUT2D eigenvalue weighted by Gasteiger charge is -2.21. The summed E-state index contributed by atoms with van der Waals surface area (Å²) in [6.07, 6.45) is 0. The summed E-state index contributed by atoms with van der Waals surface area (Å²) in [5.41, 5.74) is -0.728. The number of carbonyl (C=O) groups is 2. The molecule has 1 rings (SSSR count). The van der Waals surface area contributed by atoms with Crippen molar-refractivity contribution in [2.75, 3.05) is 13.7 Å². The highest BCUT2D eigenvalue weighted by molar-refractivity contribution is 6.05. The van der Waals surface area contributed by atoms with E-state index in [0.717, 1.165) is 0 Å². The third-order valence-corrected chi connectivity index (χ3v) is 2.81. The quantitative estimate of drug-likeness (QED) is 0.653. The van der Waals surface area contributed by atoms with E-state index in [1.54, 1.807) is 20.8 Å². The van der Waals surface area contributed by atoms with Crippen LogP contribution in [0.25, 0.3) is 0 Å². The summed E-state index contributed by atoms with van der Waals surface area (Å²) >= 11 is 0. The minimum Gasteiger partial charge on any atom is -0.507 e. The second-order valence-corrected chi connectivity index (χ2v) is 4.50. The van der Waals surface area contributed by atoms with E-state index < -0.39 is 11.6 Å². The highest BCUT2D eigenvalue weighted by Gasteiger charge is 2.30. The summed E-state index contributed by atoms with van der Waals surface area (Å²) in [5, 5.41) is 9.85. The lowest BCUT2D eigenvalue weighted by Crippen LogP contribution is -2.33. The molecule has 0 radical (unpaired) electrons. The van der Waals surface area contributed by atoms with E-state index in [1.807, 2.05) is 0 Å². The fraction of sp³-hybridized carbons (Fsp3) is 0.429. The Hall–Kier alpha value is -1.88. The molecule has 0 atom stereocenters.